The Morgan fingerprint density at radius 3 is 2.72 bits per heavy atom. The summed E-state index contributed by atoms with van der Waals surface area (Å²) in [6, 6.07) is 15.2. The van der Waals surface area contributed by atoms with E-state index in [2.05, 4.69) is 26.3 Å². The first-order chi connectivity index (χ1) is 17.6. The Bertz CT molecular complexity index is 1250. The molecule has 0 saturated carbocycles. The van der Waals surface area contributed by atoms with Gasteiger partial charge in [-0.15, -0.1) is 0 Å². The second kappa shape index (κ2) is 10.6. The fourth-order valence-corrected chi connectivity index (χ4v) is 4.41. The molecule has 0 spiro atoms. The number of anilines is 5. The van der Waals surface area contributed by atoms with Crippen LogP contribution in [-0.4, -0.2) is 54.6 Å². The number of carbonyl (C=O) groups excluding carboxylic acids is 2. The topological polar surface area (TPSA) is 121 Å². The summed E-state index contributed by atoms with van der Waals surface area (Å²) >= 11 is 0. The molecule has 186 valence electrons. The molecule has 3 aromatic rings. The minimum Gasteiger partial charge on any atom is -0.495 e. The molecule has 36 heavy (non-hydrogen) atoms. The van der Waals surface area contributed by atoms with Crippen LogP contribution in [0.25, 0.3) is 0 Å². The maximum absolute atomic E-state index is 12.8. The SMILES string of the molecule is COc1cc(C(=O)NC2CCNCC2)ccc1Nc1ncc2c(n1)N(c1ccccc1)CCC(=O)N2. The van der Waals surface area contributed by atoms with Crippen molar-refractivity contribution in [3.05, 3.63) is 60.3 Å². The highest BCUT2D eigenvalue weighted by Gasteiger charge is 2.23. The van der Waals surface area contributed by atoms with E-state index in [4.69, 9.17) is 9.72 Å². The molecule has 2 aliphatic heterocycles. The van der Waals surface area contributed by atoms with Gasteiger partial charge in [0.15, 0.2) is 5.82 Å². The van der Waals surface area contributed by atoms with Crippen molar-refractivity contribution in [2.45, 2.75) is 25.3 Å². The number of hydrogen-bond donors (Lipinski definition) is 4. The van der Waals surface area contributed by atoms with Gasteiger partial charge in [0.05, 0.1) is 19.0 Å². The Balaban J connectivity index is 1.39. The highest BCUT2D eigenvalue weighted by molar-refractivity contribution is 5.97. The predicted octanol–water partition coefficient (Wildman–Crippen LogP) is 3.19. The van der Waals surface area contributed by atoms with Crippen LogP contribution in [0.2, 0.25) is 0 Å². The van der Waals surface area contributed by atoms with E-state index in [1.54, 1.807) is 31.5 Å². The average Bonchev–Trinajstić information content (AvgIpc) is 3.08. The van der Waals surface area contributed by atoms with Gasteiger partial charge in [0.1, 0.15) is 11.4 Å². The largest absolute Gasteiger partial charge is 0.495 e. The first-order valence-electron chi connectivity index (χ1n) is 12.1. The minimum absolute atomic E-state index is 0.0842. The number of nitrogens with one attached hydrogen (secondary N) is 4. The second-order valence-corrected chi connectivity index (χ2v) is 8.75. The lowest BCUT2D eigenvalue weighted by molar-refractivity contribution is -0.115. The molecule has 1 aromatic heterocycles. The highest BCUT2D eigenvalue weighted by atomic mass is 16.5. The van der Waals surface area contributed by atoms with Crippen LogP contribution in [0, 0.1) is 0 Å². The van der Waals surface area contributed by atoms with Crippen molar-refractivity contribution in [1.29, 1.82) is 0 Å². The van der Waals surface area contributed by atoms with Gasteiger partial charge in [-0.05, 0) is 56.3 Å². The Hall–Kier alpha value is -4.18. The monoisotopic (exact) mass is 487 g/mol. The molecule has 2 amide bonds. The van der Waals surface area contributed by atoms with Gasteiger partial charge in [0.25, 0.3) is 5.91 Å². The molecule has 4 N–H and O–H groups in total. The Kier molecular flexibility index (Phi) is 6.94. The normalized spacial score (nSPS) is 15.9. The van der Waals surface area contributed by atoms with Crippen molar-refractivity contribution in [2.75, 3.05) is 42.3 Å². The molecule has 0 unspecified atom stereocenters. The zero-order valence-corrected chi connectivity index (χ0v) is 20.1. The zero-order chi connectivity index (χ0) is 24.9. The van der Waals surface area contributed by atoms with Crippen LogP contribution in [0.4, 0.5) is 28.8 Å². The fraction of sp³-hybridized carbons (Fsp3) is 0.308. The van der Waals surface area contributed by atoms with Crippen molar-refractivity contribution in [2.24, 2.45) is 0 Å². The summed E-state index contributed by atoms with van der Waals surface area (Å²) in [5, 5.41) is 12.5. The van der Waals surface area contributed by atoms with Crippen molar-refractivity contribution in [3.63, 3.8) is 0 Å². The van der Waals surface area contributed by atoms with Crippen LogP contribution < -0.4 is 30.9 Å². The number of methoxy groups -OCH3 is 1. The summed E-state index contributed by atoms with van der Waals surface area (Å²) in [6.07, 6.45) is 3.76. The molecule has 0 bridgehead atoms. The van der Waals surface area contributed by atoms with Crippen LogP contribution in [0.15, 0.2) is 54.7 Å². The minimum atomic E-state index is -0.123. The van der Waals surface area contributed by atoms with E-state index < -0.39 is 0 Å². The average molecular weight is 488 g/mol. The summed E-state index contributed by atoms with van der Waals surface area (Å²) in [7, 11) is 1.56. The Labute approximate surface area is 209 Å². The van der Waals surface area contributed by atoms with E-state index in [0.29, 0.717) is 47.4 Å². The van der Waals surface area contributed by atoms with Crippen molar-refractivity contribution in [3.8, 4) is 5.75 Å². The molecule has 2 aromatic carbocycles. The van der Waals surface area contributed by atoms with E-state index in [-0.39, 0.29) is 17.9 Å². The van der Waals surface area contributed by atoms with Gasteiger partial charge in [-0.1, -0.05) is 18.2 Å². The molecule has 0 aliphatic carbocycles. The first kappa shape index (κ1) is 23.6. The summed E-state index contributed by atoms with van der Waals surface area (Å²) in [5.74, 6) is 1.23. The second-order valence-electron chi connectivity index (χ2n) is 8.75. The number of rotatable bonds is 6. The highest BCUT2D eigenvalue weighted by Crippen LogP contribution is 2.34. The van der Waals surface area contributed by atoms with Gasteiger partial charge < -0.3 is 30.9 Å². The molecule has 1 fully saturated rings. The number of benzene rings is 2. The third-order valence-corrected chi connectivity index (χ3v) is 6.31. The molecule has 10 nitrogen and oxygen atoms in total. The number of hydrogen-bond acceptors (Lipinski definition) is 8. The zero-order valence-electron chi connectivity index (χ0n) is 20.1. The third-order valence-electron chi connectivity index (χ3n) is 6.31. The van der Waals surface area contributed by atoms with Crippen LogP contribution >= 0.6 is 0 Å². The fourth-order valence-electron chi connectivity index (χ4n) is 4.41. The lowest BCUT2D eigenvalue weighted by Gasteiger charge is -2.24. The quantitative estimate of drug-likeness (QED) is 0.418. The standard InChI is InChI=1S/C26H29N7O3/c1-36-22-15-17(25(35)29-18-9-12-27-13-10-18)7-8-20(22)31-26-28-16-21-24(32-26)33(14-11-23(34)30-21)19-5-3-2-4-6-19/h2-8,15-16,18,27H,9-14H2,1H3,(H,29,35)(H,30,34)(H,28,31,32). The summed E-state index contributed by atoms with van der Waals surface area (Å²) in [5.41, 5.74) is 2.63. The Morgan fingerprint density at radius 2 is 1.94 bits per heavy atom. The van der Waals surface area contributed by atoms with E-state index in [1.807, 2.05) is 35.2 Å². The van der Waals surface area contributed by atoms with E-state index >= 15 is 0 Å². The molecule has 5 rings (SSSR count). The van der Waals surface area contributed by atoms with Gasteiger partial charge in [0.2, 0.25) is 11.9 Å². The van der Waals surface area contributed by atoms with Gasteiger partial charge >= 0.3 is 0 Å². The van der Waals surface area contributed by atoms with Crippen molar-refractivity contribution in [1.82, 2.24) is 20.6 Å². The van der Waals surface area contributed by atoms with Crippen molar-refractivity contribution < 1.29 is 14.3 Å². The number of ether oxygens (including phenoxy) is 1. The number of piperidine rings is 1. The lowest BCUT2D eigenvalue weighted by Crippen LogP contribution is -2.42. The molecule has 3 heterocycles. The van der Waals surface area contributed by atoms with Gasteiger partial charge in [-0.3, -0.25) is 9.59 Å². The number of amides is 2. The molecule has 10 heteroatoms. The molecular weight excluding hydrogens is 458 g/mol. The molecular formula is C26H29N7O3. The number of para-hydroxylation sites is 1. The van der Waals surface area contributed by atoms with Crippen LogP contribution in [-0.2, 0) is 4.79 Å². The smallest absolute Gasteiger partial charge is 0.251 e. The van der Waals surface area contributed by atoms with E-state index in [1.165, 1.54) is 0 Å². The van der Waals surface area contributed by atoms with E-state index in [0.717, 1.165) is 31.6 Å². The lowest BCUT2D eigenvalue weighted by atomic mass is 10.1. The number of fused-ring (bicyclic) bond motifs is 1. The van der Waals surface area contributed by atoms with Crippen LogP contribution in [0.1, 0.15) is 29.6 Å². The first-order valence-corrected chi connectivity index (χ1v) is 12.1. The summed E-state index contributed by atoms with van der Waals surface area (Å²) < 4.78 is 5.56. The van der Waals surface area contributed by atoms with Crippen LogP contribution in [0.3, 0.4) is 0 Å². The van der Waals surface area contributed by atoms with Crippen molar-refractivity contribution >= 4 is 40.6 Å². The molecule has 1 saturated heterocycles. The third kappa shape index (κ3) is 5.23. The van der Waals surface area contributed by atoms with Gasteiger partial charge in [0, 0.05) is 30.3 Å². The molecule has 0 atom stereocenters. The van der Waals surface area contributed by atoms with Gasteiger partial charge in [-0.25, -0.2) is 4.98 Å². The summed E-state index contributed by atoms with van der Waals surface area (Å²) in [4.78, 5) is 36.1. The van der Waals surface area contributed by atoms with Crippen LogP contribution in [0.5, 0.6) is 5.75 Å². The number of nitrogens with zero attached hydrogens (tertiary/aromatic N) is 3. The Morgan fingerprint density at radius 1 is 1.14 bits per heavy atom. The molecule has 0 radical (unpaired) electrons. The summed E-state index contributed by atoms with van der Waals surface area (Å²) in [6.45, 7) is 2.30. The van der Waals surface area contributed by atoms with Gasteiger partial charge in [-0.2, -0.15) is 4.98 Å². The number of carbonyl (C=O) groups is 2. The van der Waals surface area contributed by atoms with E-state index in [9.17, 15) is 9.59 Å². The number of aromatic nitrogens is 2. The predicted molar refractivity (Wildman–Crippen MR) is 138 cm³/mol. The molecule has 2 aliphatic rings. The maximum atomic E-state index is 12.8. The maximum Gasteiger partial charge on any atom is 0.251 e.